The Kier molecular flexibility index (Phi) is 6.63. The van der Waals surface area contributed by atoms with Crippen LogP contribution in [0.2, 0.25) is 0 Å². The first-order chi connectivity index (χ1) is 21.8. The van der Waals surface area contributed by atoms with Crippen molar-refractivity contribution in [2.75, 3.05) is 11.5 Å². The quantitative estimate of drug-likeness (QED) is 0.113. The second kappa shape index (κ2) is 10.7. The maximum absolute atomic E-state index is 10.1. The smallest absolute Gasteiger partial charge is 0.142 e. The zero-order chi connectivity index (χ0) is 31.3. The maximum atomic E-state index is 10.1. The van der Waals surface area contributed by atoms with Crippen LogP contribution >= 0.6 is 0 Å². The average Bonchev–Trinajstić information content (AvgIpc) is 3.34. The van der Waals surface area contributed by atoms with Gasteiger partial charge in [0.25, 0.3) is 0 Å². The minimum atomic E-state index is -0.612. The predicted molar refractivity (Wildman–Crippen MR) is 178 cm³/mol. The fraction of sp³-hybridized carbons (Fsp3) is 0.0769. The molecular weight excluding hydrogens is 560 g/mol. The third-order valence-electron chi connectivity index (χ3n) is 8.63. The first-order valence-corrected chi connectivity index (χ1v) is 14.7. The van der Waals surface area contributed by atoms with Crippen LogP contribution in [-0.4, -0.2) is 10.2 Å². The van der Waals surface area contributed by atoms with Crippen LogP contribution in [0.3, 0.4) is 0 Å². The number of phenolic OH excluding ortho intramolecular Hbond substituents is 2. The number of aromatic hydroxyl groups is 2. The number of ether oxygens (including phenoxy) is 2. The molecule has 1 aliphatic rings. The van der Waals surface area contributed by atoms with Gasteiger partial charge < -0.3 is 31.2 Å². The van der Waals surface area contributed by atoms with E-state index in [0.717, 1.165) is 22.3 Å². The third-order valence-corrected chi connectivity index (χ3v) is 8.63. The Balaban J connectivity index is 1.38. The van der Waals surface area contributed by atoms with Gasteiger partial charge in [0.15, 0.2) is 0 Å². The SMILES string of the molecule is Cc1cc(C2(c3ccc(Oc4ccc(N)c(O)c4)c(C)c3)c3ccccc3-c3ccccc32)ccc1Oc1ccc(N)c(O)c1. The summed E-state index contributed by atoms with van der Waals surface area (Å²) in [7, 11) is 0. The normalized spacial score (nSPS) is 12.8. The van der Waals surface area contributed by atoms with Crippen molar-refractivity contribution < 1.29 is 19.7 Å². The summed E-state index contributed by atoms with van der Waals surface area (Å²) in [6, 6.07) is 39.5. The number of hydrogen-bond donors (Lipinski definition) is 4. The molecule has 0 heterocycles. The van der Waals surface area contributed by atoms with E-state index >= 15 is 0 Å². The van der Waals surface area contributed by atoms with Gasteiger partial charge in [-0.1, -0.05) is 72.8 Å². The van der Waals surface area contributed by atoms with E-state index in [-0.39, 0.29) is 11.5 Å². The van der Waals surface area contributed by atoms with Gasteiger partial charge in [-0.2, -0.15) is 0 Å². The molecule has 0 spiro atoms. The molecular formula is C39H32N2O4. The van der Waals surface area contributed by atoms with E-state index in [1.54, 1.807) is 24.3 Å². The molecule has 1 aliphatic carbocycles. The van der Waals surface area contributed by atoms with Crippen LogP contribution in [0.15, 0.2) is 121 Å². The Labute approximate surface area is 261 Å². The van der Waals surface area contributed by atoms with Crippen LogP contribution in [0.25, 0.3) is 11.1 Å². The molecule has 6 N–H and O–H groups in total. The number of nitrogens with two attached hydrogens (primary N) is 2. The number of phenols is 2. The van der Waals surface area contributed by atoms with E-state index in [9.17, 15) is 10.2 Å². The summed E-state index contributed by atoms with van der Waals surface area (Å²) in [5.41, 5.74) is 20.4. The van der Waals surface area contributed by atoms with Gasteiger partial charge in [0.2, 0.25) is 0 Å². The van der Waals surface area contributed by atoms with Gasteiger partial charge in [-0.15, -0.1) is 0 Å². The highest BCUT2D eigenvalue weighted by Gasteiger charge is 2.46. The standard InChI is InChI=1S/C39H32N2O4/c1-23-19-25(11-17-37(23)44-27-13-15-33(40)35(42)21-27)39(31-9-5-3-7-29(31)30-8-4-6-10-32(30)39)26-12-18-38(24(2)20-26)45-28-14-16-34(41)36(43)22-28/h3-22,42-43H,40-41H2,1-2H3. The van der Waals surface area contributed by atoms with Crippen LogP contribution in [0.5, 0.6) is 34.5 Å². The molecule has 0 saturated carbocycles. The first kappa shape index (κ1) is 27.9. The first-order valence-electron chi connectivity index (χ1n) is 14.7. The molecule has 0 aromatic heterocycles. The van der Waals surface area contributed by atoms with Gasteiger partial charge >= 0.3 is 0 Å². The zero-order valence-electron chi connectivity index (χ0n) is 24.9. The molecule has 6 aromatic carbocycles. The molecule has 0 radical (unpaired) electrons. The van der Waals surface area contributed by atoms with Gasteiger partial charge in [0.05, 0.1) is 16.8 Å². The van der Waals surface area contributed by atoms with Gasteiger partial charge in [-0.25, -0.2) is 0 Å². The van der Waals surface area contributed by atoms with Gasteiger partial charge in [0, 0.05) is 12.1 Å². The van der Waals surface area contributed by atoms with Crippen LogP contribution in [0.4, 0.5) is 11.4 Å². The number of anilines is 2. The lowest BCUT2D eigenvalue weighted by molar-refractivity contribution is 0.454. The van der Waals surface area contributed by atoms with Crippen molar-refractivity contribution in [3.8, 4) is 45.6 Å². The van der Waals surface area contributed by atoms with Crippen LogP contribution in [-0.2, 0) is 5.41 Å². The molecule has 7 rings (SSSR count). The molecule has 0 aliphatic heterocycles. The van der Waals surface area contributed by atoms with Crippen molar-refractivity contribution >= 4 is 11.4 Å². The largest absolute Gasteiger partial charge is 0.506 e. The highest BCUT2D eigenvalue weighted by molar-refractivity contribution is 5.86. The maximum Gasteiger partial charge on any atom is 0.142 e. The summed E-state index contributed by atoms with van der Waals surface area (Å²) >= 11 is 0. The summed E-state index contributed by atoms with van der Waals surface area (Å²) in [6.07, 6.45) is 0. The topological polar surface area (TPSA) is 111 Å². The minimum absolute atomic E-state index is 0.0177. The molecule has 45 heavy (non-hydrogen) atoms. The van der Waals surface area contributed by atoms with E-state index in [1.165, 1.54) is 34.4 Å². The molecule has 6 nitrogen and oxygen atoms in total. The second-order valence-corrected chi connectivity index (χ2v) is 11.4. The molecule has 0 fully saturated rings. The van der Waals surface area contributed by atoms with Crippen molar-refractivity contribution in [2.45, 2.75) is 19.3 Å². The number of nitrogen functional groups attached to an aromatic ring is 2. The van der Waals surface area contributed by atoms with Crippen LogP contribution < -0.4 is 20.9 Å². The summed E-state index contributed by atoms with van der Waals surface area (Å²) in [5, 5.41) is 20.2. The predicted octanol–water partition coefficient (Wildman–Crippen LogP) is 8.83. The van der Waals surface area contributed by atoms with E-state index in [0.29, 0.717) is 34.4 Å². The van der Waals surface area contributed by atoms with Crippen molar-refractivity contribution in [2.24, 2.45) is 0 Å². The highest BCUT2D eigenvalue weighted by atomic mass is 16.5. The van der Waals surface area contributed by atoms with Crippen LogP contribution in [0, 0.1) is 13.8 Å². The monoisotopic (exact) mass is 592 g/mol. The van der Waals surface area contributed by atoms with E-state index in [4.69, 9.17) is 20.9 Å². The Bertz CT molecular complexity index is 1950. The lowest BCUT2D eigenvalue weighted by Gasteiger charge is -2.34. The lowest BCUT2D eigenvalue weighted by Crippen LogP contribution is -2.28. The number of hydrogen-bond acceptors (Lipinski definition) is 6. The fourth-order valence-corrected chi connectivity index (χ4v) is 6.45. The number of rotatable bonds is 6. The number of benzene rings is 6. The van der Waals surface area contributed by atoms with Crippen molar-refractivity contribution in [3.05, 3.63) is 155 Å². The lowest BCUT2D eigenvalue weighted by atomic mass is 9.67. The second-order valence-electron chi connectivity index (χ2n) is 11.4. The summed E-state index contributed by atoms with van der Waals surface area (Å²) < 4.78 is 12.4. The molecule has 0 bridgehead atoms. The number of fused-ring (bicyclic) bond motifs is 3. The van der Waals surface area contributed by atoms with Crippen molar-refractivity contribution in [1.82, 2.24) is 0 Å². The van der Waals surface area contributed by atoms with Crippen molar-refractivity contribution in [3.63, 3.8) is 0 Å². The Morgan fingerprint density at radius 1 is 0.511 bits per heavy atom. The van der Waals surface area contributed by atoms with Gasteiger partial charge in [-0.3, -0.25) is 0 Å². The van der Waals surface area contributed by atoms with Gasteiger partial charge in [-0.05, 0) is 94.8 Å². The molecule has 0 amide bonds. The Hall–Kier alpha value is -5.88. The molecule has 0 unspecified atom stereocenters. The Morgan fingerprint density at radius 2 is 0.933 bits per heavy atom. The van der Waals surface area contributed by atoms with E-state index in [2.05, 4.69) is 72.8 Å². The van der Waals surface area contributed by atoms with E-state index in [1.807, 2.05) is 26.0 Å². The van der Waals surface area contributed by atoms with Gasteiger partial charge in [0.1, 0.15) is 34.5 Å². The zero-order valence-corrected chi connectivity index (χ0v) is 24.9. The summed E-state index contributed by atoms with van der Waals surface area (Å²) in [5.74, 6) is 2.34. The highest BCUT2D eigenvalue weighted by Crippen LogP contribution is 2.56. The molecule has 222 valence electrons. The van der Waals surface area contributed by atoms with Crippen LogP contribution in [0.1, 0.15) is 33.4 Å². The summed E-state index contributed by atoms with van der Waals surface area (Å²) in [4.78, 5) is 0. The molecule has 6 aromatic rings. The molecule has 0 atom stereocenters. The van der Waals surface area contributed by atoms with E-state index < -0.39 is 5.41 Å². The molecule has 6 heteroatoms. The van der Waals surface area contributed by atoms with Crippen molar-refractivity contribution in [1.29, 1.82) is 0 Å². The fourth-order valence-electron chi connectivity index (χ4n) is 6.45. The Morgan fingerprint density at radius 3 is 1.33 bits per heavy atom. The number of aryl methyl sites for hydroxylation is 2. The third kappa shape index (κ3) is 4.59. The summed E-state index contributed by atoms with van der Waals surface area (Å²) in [6.45, 7) is 4.06. The average molecular weight is 593 g/mol. The minimum Gasteiger partial charge on any atom is -0.506 e. The molecule has 0 saturated heterocycles.